The van der Waals surface area contributed by atoms with Gasteiger partial charge in [-0.1, -0.05) is 25.1 Å². The van der Waals surface area contributed by atoms with Crippen molar-refractivity contribution >= 4 is 27.8 Å². The van der Waals surface area contributed by atoms with Gasteiger partial charge in [-0.15, -0.1) is 0 Å². The number of amides is 1. The minimum Gasteiger partial charge on any atom is -0.338 e. The second kappa shape index (κ2) is 7.54. The standard InChI is InChI=1S/C25H29N5O/c1-4-30-21-8-6-5-7-17(21)13-23(30)24-27-20-12-18(9-10-22(20)28(24)3)25(31)29-14-16(2)11-19(26)15-29/h5-10,12-13,16,19H,4,11,14-15,26H2,1-3H3/t16-,19+/m0/s1. The Kier molecular flexibility index (Phi) is 4.82. The summed E-state index contributed by atoms with van der Waals surface area (Å²) in [6.07, 6.45) is 0.970. The van der Waals surface area contributed by atoms with E-state index < -0.39 is 0 Å². The maximum absolute atomic E-state index is 13.1. The van der Waals surface area contributed by atoms with Crippen LogP contribution in [0.25, 0.3) is 33.5 Å². The number of likely N-dealkylation sites (tertiary alicyclic amines) is 1. The third kappa shape index (κ3) is 3.31. The minimum atomic E-state index is 0.0405. The zero-order valence-corrected chi connectivity index (χ0v) is 18.4. The van der Waals surface area contributed by atoms with Crippen LogP contribution in [0.4, 0.5) is 0 Å². The molecule has 6 heteroatoms. The normalized spacial score (nSPS) is 19.4. The number of aryl methyl sites for hydroxylation is 2. The highest BCUT2D eigenvalue weighted by Crippen LogP contribution is 2.30. The number of para-hydroxylation sites is 1. The summed E-state index contributed by atoms with van der Waals surface area (Å²) >= 11 is 0. The predicted molar refractivity (Wildman–Crippen MR) is 125 cm³/mol. The number of benzene rings is 2. The third-order valence-corrected chi connectivity index (χ3v) is 6.46. The Morgan fingerprint density at radius 1 is 1.13 bits per heavy atom. The van der Waals surface area contributed by atoms with E-state index in [0.717, 1.165) is 42.1 Å². The van der Waals surface area contributed by atoms with Gasteiger partial charge in [0.15, 0.2) is 5.82 Å². The van der Waals surface area contributed by atoms with Gasteiger partial charge < -0.3 is 19.8 Å². The topological polar surface area (TPSA) is 69.1 Å². The molecule has 2 atom stereocenters. The number of hydrogen-bond donors (Lipinski definition) is 1. The summed E-state index contributed by atoms with van der Waals surface area (Å²) in [7, 11) is 2.04. The Hall–Kier alpha value is -3.12. The number of hydrogen-bond acceptors (Lipinski definition) is 3. The Morgan fingerprint density at radius 3 is 2.71 bits per heavy atom. The van der Waals surface area contributed by atoms with E-state index in [4.69, 9.17) is 10.7 Å². The lowest BCUT2D eigenvalue weighted by molar-refractivity contribution is 0.0661. The van der Waals surface area contributed by atoms with Crippen LogP contribution in [-0.2, 0) is 13.6 Å². The van der Waals surface area contributed by atoms with Crippen molar-refractivity contribution in [3.05, 3.63) is 54.1 Å². The minimum absolute atomic E-state index is 0.0405. The van der Waals surface area contributed by atoms with Gasteiger partial charge in [-0.2, -0.15) is 0 Å². The molecule has 0 unspecified atom stereocenters. The van der Waals surface area contributed by atoms with Gasteiger partial charge in [0.1, 0.15) is 0 Å². The first kappa shape index (κ1) is 19.8. The molecule has 4 aromatic rings. The van der Waals surface area contributed by atoms with E-state index in [9.17, 15) is 4.79 Å². The van der Waals surface area contributed by atoms with Crippen LogP contribution >= 0.6 is 0 Å². The van der Waals surface area contributed by atoms with Crippen molar-refractivity contribution in [3.63, 3.8) is 0 Å². The summed E-state index contributed by atoms with van der Waals surface area (Å²) in [5.41, 5.74) is 11.0. The lowest BCUT2D eigenvalue weighted by atomic mass is 9.96. The third-order valence-electron chi connectivity index (χ3n) is 6.46. The van der Waals surface area contributed by atoms with Crippen LogP contribution in [0.5, 0.6) is 0 Å². The van der Waals surface area contributed by atoms with Crippen molar-refractivity contribution in [2.75, 3.05) is 13.1 Å². The first-order valence-corrected chi connectivity index (χ1v) is 11.1. The lowest BCUT2D eigenvalue weighted by Crippen LogP contribution is -2.48. The Balaban J connectivity index is 1.56. The first-order valence-electron chi connectivity index (χ1n) is 11.1. The number of imidazole rings is 1. The van der Waals surface area contributed by atoms with Crippen LogP contribution in [0, 0.1) is 5.92 Å². The number of nitrogens with zero attached hydrogens (tertiary/aromatic N) is 4. The van der Waals surface area contributed by atoms with Gasteiger partial charge in [-0.05, 0) is 49.6 Å². The van der Waals surface area contributed by atoms with Gasteiger partial charge in [0, 0.05) is 49.2 Å². The van der Waals surface area contributed by atoms with Crippen molar-refractivity contribution < 1.29 is 4.79 Å². The number of fused-ring (bicyclic) bond motifs is 2. The van der Waals surface area contributed by atoms with Gasteiger partial charge >= 0.3 is 0 Å². The molecule has 31 heavy (non-hydrogen) atoms. The second-order valence-electron chi connectivity index (χ2n) is 8.84. The van der Waals surface area contributed by atoms with Gasteiger partial charge in [0.25, 0.3) is 5.91 Å². The molecule has 2 N–H and O–H groups in total. The zero-order valence-electron chi connectivity index (χ0n) is 18.4. The first-order chi connectivity index (χ1) is 15.0. The molecule has 5 rings (SSSR count). The molecule has 0 spiro atoms. The van der Waals surface area contributed by atoms with Crippen molar-refractivity contribution in [2.24, 2.45) is 18.7 Å². The summed E-state index contributed by atoms with van der Waals surface area (Å²) in [6.45, 7) is 6.54. The zero-order chi connectivity index (χ0) is 21.7. The van der Waals surface area contributed by atoms with Crippen molar-refractivity contribution in [1.82, 2.24) is 19.0 Å². The average Bonchev–Trinajstić information content (AvgIpc) is 3.29. The van der Waals surface area contributed by atoms with E-state index in [1.807, 2.05) is 30.1 Å². The van der Waals surface area contributed by atoms with E-state index in [2.05, 4.69) is 53.3 Å². The molecule has 1 saturated heterocycles. The molecule has 2 aromatic carbocycles. The van der Waals surface area contributed by atoms with Gasteiger partial charge in [-0.25, -0.2) is 4.98 Å². The van der Waals surface area contributed by atoms with E-state index in [1.165, 1.54) is 10.9 Å². The monoisotopic (exact) mass is 415 g/mol. The van der Waals surface area contributed by atoms with Crippen LogP contribution in [0.15, 0.2) is 48.5 Å². The number of piperidine rings is 1. The SMILES string of the molecule is CCn1c(-c2nc3cc(C(=O)N4C[C@@H](C)C[C@@H](N)C4)ccc3n2C)cc2ccccc21. The average molecular weight is 416 g/mol. The predicted octanol–water partition coefficient (Wildman–Crippen LogP) is 4.02. The van der Waals surface area contributed by atoms with Gasteiger partial charge in [-0.3, -0.25) is 4.79 Å². The maximum atomic E-state index is 13.1. The molecule has 0 saturated carbocycles. The van der Waals surface area contributed by atoms with E-state index in [1.54, 1.807) is 0 Å². The number of nitrogens with two attached hydrogens (primary N) is 1. The van der Waals surface area contributed by atoms with Crippen LogP contribution in [0.2, 0.25) is 0 Å². The van der Waals surface area contributed by atoms with Crippen LogP contribution in [0.1, 0.15) is 30.6 Å². The highest BCUT2D eigenvalue weighted by Gasteiger charge is 2.27. The largest absolute Gasteiger partial charge is 0.338 e. The summed E-state index contributed by atoms with van der Waals surface area (Å²) in [6, 6.07) is 16.5. The Morgan fingerprint density at radius 2 is 1.94 bits per heavy atom. The number of aromatic nitrogens is 3. The summed E-state index contributed by atoms with van der Waals surface area (Å²) in [5, 5.41) is 1.21. The molecule has 3 heterocycles. The molecule has 0 radical (unpaired) electrons. The molecular weight excluding hydrogens is 386 g/mol. The van der Waals surface area contributed by atoms with Crippen molar-refractivity contribution in [1.29, 1.82) is 0 Å². The maximum Gasteiger partial charge on any atom is 0.253 e. The van der Waals surface area contributed by atoms with Crippen LogP contribution in [0.3, 0.4) is 0 Å². The smallest absolute Gasteiger partial charge is 0.253 e. The van der Waals surface area contributed by atoms with E-state index >= 15 is 0 Å². The highest BCUT2D eigenvalue weighted by atomic mass is 16.2. The summed E-state index contributed by atoms with van der Waals surface area (Å²) < 4.78 is 4.40. The number of rotatable bonds is 3. The van der Waals surface area contributed by atoms with Crippen molar-refractivity contribution in [3.8, 4) is 11.5 Å². The summed E-state index contributed by atoms with van der Waals surface area (Å²) in [5.74, 6) is 1.37. The highest BCUT2D eigenvalue weighted by molar-refractivity contribution is 5.98. The molecule has 1 amide bonds. The van der Waals surface area contributed by atoms with Gasteiger partial charge in [0.2, 0.25) is 0 Å². The molecule has 0 aliphatic carbocycles. The van der Waals surface area contributed by atoms with Crippen molar-refractivity contribution in [2.45, 2.75) is 32.9 Å². The number of carbonyl (C=O) groups excluding carboxylic acids is 1. The molecule has 6 nitrogen and oxygen atoms in total. The second-order valence-corrected chi connectivity index (χ2v) is 8.84. The van der Waals surface area contributed by atoms with E-state index in [-0.39, 0.29) is 11.9 Å². The van der Waals surface area contributed by atoms with Crippen LogP contribution < -0.4 is 5.73 Å². The fourth-order valence-corrected chi connectivity index (χ4v) is 5.05. The molecule has 0 bridgehead atoms. The molecule has 160 valence electrons. The summed E-state index contributed by atoms with van der Waals surface area (Å²) in [4.78, 5) is 20.0. The molecule has 1 aliphatic heterocycles. The molecule has 1 aliphatic rings. The van der Waals surface area contributed by atoms with E-state index in [0.29, 0.717) is 18.0 Å². The molecule has 1 fully saturated rings. The Bertz CT molecular complexity index is 1270. The fourth-order valence-electron chi connectivity index (χ4n) is 5.05. The number of carbonyl (C=O) groups is 1. The fraction of sp³-hybridized carbons (Fsp3) is 0.360. The lowest BCUT2D eigenvalue weighted by Gasteiger charge is -2.34. The quantitative estimate of drug-likeness (QED) is 0.549. The molecule has 2 aromatic heterocycles. The Labute approximate surface area is 182 Å². The van der Waals surface area contributed by atoms with Crippen LogP contribution in [-0.4, -0.2) is 44.1 Å². The molecular formula is C25H29N5O. The van der Waals surface area contributed by atoms with Gasteiger partial charge in [0.05, 0.1) is 16.7 Å².